The van der Waals surface area contributed by atoms with Gasteiger partial charge < -0.3 is 34.0 Å². The first-order valence-corrected chi connectivity index (χ1v) is 22.2. The van der Waals surface area contributed by atoms with Crippen LogP contribution >= 0.6 is 0 Å². The van der Waals surface area contributed by atoms with E-state index in [2.05, 4.69) is 39.2 Å². The van der Waals surface area contributed by atoms with E-state index < -0.39 is 61.9 Å². The number of halogens is 3. The van der Waals surface area contributed by atoms with Crippen molar-refractivity contribution in [2.24, 2.45) is 5.92 Å². The largest absolute Gasteiger partial charge is 0.445 e. The van der Waals surface area contributed by atoms with E-state index in [1.54, 1.807) is 17.7 Å². The van der Waals surface area contributed by atoms with Crippen molar-refractivity contribution in [3.8, 4) is 11.3 Å². The van der Waals surface area contributed by atoms with Crippen LogP contribution in [0.3, 0.4) is 0 Å². The summed E-state index contributed by atoms with van der Waals surface area (Å²) >= 11 is 0. The van der Waals surface area contributed by atoms with Crippen molar-refractivity contribution in [3.05, 3.63) is 114 Å². The normalized spacial score (nSPS) is 17.3. The number of urea groups is 1. The number of imidazole rings is 1. The Kier molecular flexibility index (Phi) is 13.6. The molecule has 4 atom stereocenters. The predicted molar refractivity (Wildman–Crippen MR) is 217 cm³/mol. The smallest absolute Gasteiger partial charge is 0.410 e. The number of benzene rings is 3. The zero-order valence-electron chi connectivity index (χ0n) is 34.1. The first-order valence-electron chi connectivity index (χ1n) is 19.3. The predicted octanol–water partition coefficient (Wildman–Crippen LogP) is 8.72. The van der Waals surface area contributed by atoms with Crippen LogP contribution in [-0.4, -0.2) is 89.0 Å². The molecule has 14 heteroatoms. The Hall–Kier alpha value is -4.66. The Balaban J connectivity index is 1.63. The highest BCUT2D eigenvalue weighted by molar-refractivity contribution is 6.74. The number of carbonyl (C=O) groups is 2. The first-order chi connectivity index (χ1) is 26.8. The maximum Gasteiger partial charge on any atom is 0.410 e. The highest BCUT2D eigenvalue weighted by atomic mass is 28.4. The molecule has 1 saturated heterocycles. The van der Waals surface area contributed by atoms with E-state index in [0.29, 0.717) is 5.82 Å². The minimum atomic E-state index is -2.63. The molecule has 1 aliphatic rings. The molecule has 2 heterocycles. The molecule has 3 aromatic carbocycles. The summed E-state index contributed by atoms with van der Waals surface area (Å²) in [7, 11) is -2.63. The van der Waals surface area contributed by atoms with Gasteiger partial charge in [-0.05, 0) is 68.2 Å². The van der Waals surface area contributed by atoms with Gasteiger partial charge in [-0.25, -0.2) is 27.7 Å². The number of aliphatic hydroxyl groups excluding tert-OH is 1. The minimum Gasteiger partial charge on any atom is -0.445 e. The van der Waals surface area contributed by atoms with E-state index in [4.69, 9.17) is 14.1 Å². The number of ether oxygens (including phenoxy) is 1. The second-order valence-corrected chi connectivity index (χ2v) is 21.7. The number of hydrogen-bond donors (Lipinski definition) is 2. The van der Waals surface area contributed by atoms with Crippen molar-refractivity contribution in [2.45, 2.75) is 96.7 Å². The zero-order chi connectivity index (χ0) is 41.7. The number of aliphatic hydroxyl groups is 1. The van der Waals surface area contributed by atoms with E-state index in [9.17, 15) is 19.1 Å². The fraction of sp³-hybridized carbons (Fsp3) is 0.465. The lowest BCUT2D eigenvalue weighted by Gasteiger charge is -2.48. The van der Waals surface area contributed by atoms with Crippen molar-refractivity contribution in [2.75, 3.05) is 26.2 Å². The first kappa shape index (κ1) is 43.5. The average molecular weight is 808 g/mol. The van der Waals surface area contributed by atoms with Crippen LogP contribution in [0.1, 0.15) is 64.5 Å². The molecular formula is C43H56F3N5O5Si. The lowest BCUT2D eigenvalue weighted by atomic mass is 9.94. The molecule has 1 aliphatic heterocycles. The highest BCUT2D eigenvalue weighted by Crippen LogP contribution is 2.45. The van der Waals surface area contributed by atoms with Gasteiger partial charge in [-0.3, -0.25) is 0 Å². The van der Waals surface area contributed by atoms with Crippen LogP contribution in [0, 0.1) is 17.6 Å². The second kappa shape index (κ2) is 17.9. The van der Waals surface area contributed by atoms with Gasteiger partial charge in [-0.1, -0.05) is 81.4 Å². The summed E-state index contributed by atoms with van der Waals surface area (Å²) in [5.74, 6) is -1.89. The molecule has 0 bridgehead atoms. The van der Waals surface area contributed by atoms with E-state index in [1.165, 1.54) is 9.80 Å². The molecule has 2 N–H and O–H groups in total. The number of likely N-dealkylation sites (tertiary alicyclic amines) is 1. The van der Waals surface area contributed by atoms with E-state index in [1.807, 2.05) is 74.5 Å². The molecule has 3 amide bonds. The van der Waals surface area contributed by atoms with Gasteiger partial charge in [0.2, 0.25) is 0 Å². The monoisotopic (exact) mass is 807 g/mol. The van der Waals surface area contributed by atoms with Gasteiger partial charge in [0.1, 0.15) is 36.3 Å². The van der Waals surface area contributed by atoms with Crippen molar-refractivity contribution in [1.82, 2.24) is 24.7 Å². The number of hydrogen-bond acceptors (Lipinski definition) is 6. The maximum atomic E-state index is 16.2. The zero-order valence-corrected chi connectivity index (χ0v) is 35.1. The third-order valence-electron chi connectivity index (χ3n) is 10.9. The van der Waals surface area contributed by atoms with Crippen LogP contribution in [0.4, 0.5) is 22.8 Å². The third kappa shape index (κ3) is 10.6. The summed E-state index contributed by atoms with van der Waals surface area (Å²) in [5, 5.41) is 12.6. The quantitative estimate of drug-likeness (QED) is 0.124. The third-order valence-corrected chi connectivity index (χ3v) is 15.6. The number of aromatic nitrogens is 2. The Morgan fingerprint density at radius 1 is 0.982 bits per heavy atom. The van der Waals surface area contributed by atoms with Crippen molar-refractivity contribution in [1.29, 1.82) is 0 Å². The van der Waals surface area contributed by atoms with Crippen LogP contribution in [0.2, 0.25) is 18.1 Å². The summed E-state index contributed by atoms with van der Waals surface area (Å²) in [6.45, 7) is 15.2. The molecule has 0 unspecified atom stereocenters. The number of carbonyl (C=O) groups excluding carboxylic acids is 2. The average Bonchev–Trinajstić information content (AvgIpc) is 3.73. The molecule has 0 spiro atoms. The Labute approximate surface area is 335 Å². The lowest BCUT2D eigenvalue weighted by Crippen LogP contribution is -2.58. The maximum absolute atomic E-state index is 16.2. The molecule has 10 nitrogen and oxygen atoms in total. The fourth-order valence-corrected chi connectivity index (χ4v) is 8.66. The lowest BCUT2D eigenvalue weighted by molar-refractivity contribution is -0.00821. The molecule has 5 rings (SSSR count). The molecule has 308 valence electrons. The van der Waals surface area contributed by atoms with Gasteiger partial charge >= 0.3 is 12.1 Å². The van der Waals surface area contributed by atoms with Crippen LogP contribution in [0.5, 0.6) is 0 Å². The second-order valence-electron chi connectivity index (χ2n) is 17.0. The Morgan fingerprint density at radius 2 is 1.61 bits per heavy atom. The van der Waals surface area contributed by atoms with Crippen molar-refractivity contribution in [3.63, 3.8) is 0 Å². The van der Waals surface area contributed by atoms with Crippen LogP contribution in [0.15, 0.2) is 85.1 Å². The van der Waals surface area contributed by atoms with E-state index in [0.717, 1.165) is 29.3 Å². The SMILES string of the molecule is C[C@@H](CO)NC(=O)N(C[C@@H]1CN(C(=O)OCc2ccccc2)C[C@@H]1F)[C@@H](c1nc(-c2cc(F)ccc2F)cn1Cc1ccccc1)C(C)(C)O[Si](C)(C)C(C)(C)C. The number of amides is 3. The van der Waals surface area contributed by atoms with Crippen LogP contribution < -0.4 is 5.32 Å². The Morgan fingerprint density at radius 3 is 2.23 bits per heavy atom. The molecule has 1 fully saturated rings. The summed E-state index contributed by atoms with van der Waals surface area (Å²) in [5.41, 5.74) is 0.498. The van der Waals surface area contributed by atoms with E-state index in [-0.39, 0.29) is 55.7 Å². The number of nitrogens with zero attached hydrogens (tertiary/aromatic N) is 4. The van der Waals surface area contributed by atoms with Gasteiger partial charge in [-0.15, -0.1) is 0 Å². The molecule has 0 radical (unpaired) electrons. The molecule has 0 saturated carbocycles. The van der Waals surface area contributed by atoms with Gasteiger partial charge in [0.25, 0.3) is 0 Å². The van der Waals surface area contributed by atoms with Gasteiger partial charge in [0, 0.05) is 37.3 Å². The summed E-state index contributed by atoms with van der Waals surface area (Å²) in [4.78, 5) is 35.6. The van der Waals surface area contributed by atoms with Crippen molar-refractivity contribution < 1.29 is 37.0 Å². The fourth-order valence-electron chi connectivity index (χ4n) is 6.93. The van der Waals surface area contributed by atoms with Gasteiger partial charge in [0.15, 0.2) is 8.32 Å². The Bertz CT molecular complexity index is 1970. The van der Waals surface area contributed by atoms with Gasteiger partial charge in [-0.2, -0.15) is 0 Å². The molecule has 4 aromatic rings. The number of rotatable bonds is 14. The van der Waals surface area contributed by atoms with Crippen LogP contribution in [-0.2, 0) is 22.3 Å². The summed E-state index contributed by atoms with van der Waals surface area (Å²) in [6, 6.07) is 19.4. The van der Waals surface area contributed by atoms with Gasteiger partial charge in [0.05, 0.1) is 30.5 Å². The number of nitrogens with one attached hydrogen (secondary N) is 1. The summed E-state index contributed by atoms with van der Waals surface area (Å²) < 4.78 is 60.8. The number of alkyl halides is 1. The standard InChI is InChI=1S/C43H56F3N5O5Si/c1-29(27-52)47-40(53)51(24-32-23-50(25-36(32)46)41(54)55-28-31-17-13-10-14-18-31)38(43(5,6)56-57(7,8)42(2,3)4)39-48-37(34-21-33(44)19-20-35(34)45)26-49(39)22-30-15-11-9-12-16-30/h9-21,26,29,32,36,38,52H,22-25,27-28H2,1-8H3,(H,47,53)/t29-,32-,36-,38-/m0/s1. The molecule has 57 heavy (non-hydrogen) atoms. The molecule has 0 aliphatic carbocycles. The summed E-state index contributed by atoms with van der Waals surface area (Å²) in [6.07, 6.45) is -0.571. The highest BCUT2D eigenvalue weighted by Gasteiger charge is 2.50. The topological polar surface area (TPSA) is 109 Å². The van der Waals surface area contributed by atoms with E-state index >= 15 is 8.78 Å². The molecule has 1 aromatic heterocycles. The van der Waals surface area contributed by atoms with Crippen molar-refractivity contribution >= 4 is 20.4 Å². The minimum absolute atomic E-state index is 0.0186. The molecular weight excluding hydrogens is 752 g/mol. The van der Waals surface area contributed by atoms with Crippen LogP contribution in [0.25, 0.3) is 11.3 Å².